The van der Waals surface area contributed by atoms with Gasteiger partial charge in [-0.1, -0.05) is 13.8 Å². The van der Waals surface area contributed by atoms with Crippen molar-refractivity contribution >= 4 is 5.91 Å². The van der Waals surface area contributed by atoms with Crippen molar-refractivity contribution in [3.63, 3.8) is 0 Å². The van der Waals surface area contributed by atoms with Crippen molar-refractivity contribution in [1.29, 1.82) is 0 Å². The van der Waals surface area contributed by atoms with E-state index >= 15 is 0 Å². The Morgan fingerprint density at radius 2 is 2.13 bits per heavy atom. The third kappa shape index (κ3) is 4.18. The highest BCUT2D eigenvalue weighted by atomic mass is 16.2. The average Bonchev–Trinajstić information content (AvgIpc) is 2.45. The lowest BCUT2D eigenvalue weighted by atomic mass is 10.3. The van der Waals surface area contributed by atoms with E-state index in [-0.39, 0.29) is 5.91 Å². The van der Waals surface area contributed by atoms with Gasteiger partial charge in [0.1, 0.15) is 0 Å². The van der Waals surface area contributed by atoms with Gasteiger partial charge in [-0.3, -0.25) is 4.79 Å². The van der Waals surface area contributed by atoms with Crippen LogP contribution in [0.1, 0.15) is 20.3 Å². The summed E-state index contributed by atoms with van der Waals surface area (Å²) < 4.78 is 0. The summed E-state index contributed by atoms with van der Waals surface area (Å²) in [6.07, 6.45) is 1.07. The summed E-state index contributed by atoms with van der Waals surface area (Å²) in [5, 5.41) is 3.14. The molecular weight excluding hydrogens is 190 g/mol. The van der Waals surface area contributed by atoms with Gasteiger partial charge in [0.15, 0.2) is 0 Å². The molecule has 0 unspecified atom stereocenters. The van der Waals surface area contributed by atoms with Crippen LogP contribution in [-0.4, -0.2) is 61.5 Å². The zero-order valence-corrected chi connectivity index (χ0v) is 9.96. The predicted octanol–water partition coefficient (Wildman–Crippen LogP) is 0.150. The Balaban J connectivity index is 2.31. The predicted molar refractivity (Wildman–Crippen MR) is 61.9 cm³/mol. The molecule has 0 saturated carbocycles. The first-order chi connectivity index (χ1) is 7.27. The minimum Gasteiger partial charge on any atom is -0.340 e. The maximum atomic E-state index is 11.6. The molecule has 1 rings (SSSR count). The van der Waals surface area contributed by atoms with E-state index in [4.69, 9.17) is 0 Å². The average molecular weight is 213 g/mol. The minimum atomic E-state index is 0.250. The molecule has 4 nitrogen and oxygen atoms in total. The quantitative estimate of drug-likeness (QED) is 0.706. The first-order valence-electron chi connectivity index (χ1n) is 5.98. The number of likely N-dealkylation sites (N-methyl/N-ethyl adjacent to an activating group) is 1. The fourth-order valence-electron chi connectivity index (χ4n) is 1.87. The molecule has 1 N–H and O–H groups in total. The van der Waals surface area contributed by atoms with Gasteiger partial charge in [-0.05, 0) is 26.1 Å². The van der Waals surface area contributed by atoms with Crippen LogP contribution in [0.5, 0.6) is 0 Å². The molecule has 88 valence electrons. The highest BCUT2D eigenvalue weighted by molar-refractivity contribution is 5.78. The third-order valence-electron chi connectivity index (χ3n) is 2.99. The summed E-state index contributed by atoms with van der Waals surface area (Å²) in [6.45, 7) is 10.7. The molecule has 1 saturated heterocycles. The Bertz CT molecular complexity index is 192. The lowest BCUT2D eigenvalue weighted by Gasteiger charge is -2.25. The molecule has 0 spiro atoms. The molecule has 0 atom stereocenters. The molecule has 4 heteroatoms. The number of hydrogen-bond donors (Lipinski definition) is 1. The molecule has 0 radical (unpaired) electrons. The second-order valence-corrected chi connectivity index (χ2v) is 3.94. The Kier molecular flexibility index (Phi) is 5.65. The van der Waals surface area contributed by atoms with Crippen LogP contribution in [0, 0.1) is 0 Å². The number of carbonyl (C=O) groups excluding carboxylic acids is 1. The van der Waals surface area contributed by atoms with Crippen LogP contribution >= 0.6 is 0 Å². The van der Waals surface area contributed by atoms with Crippen molar-refractivity contribution in [2.24, 2.45) is 0 Å². The van der Waals surface area contributed by atoms with E-state index in [0.717, 1.165) is 45.7 Å². The number of hydrogen-bond acceptors (Lipinski definition) is 3. The molecule has 1 fully saturated rings. The van der Waals surface area contributed by atoms with Gasteiger partial charge in [0.05, 0.1) is 6.54 Å². The van der Waals surface area contributed by atoms with Gasteiger partial charge in [0.2, 0.25) is 5.91 Å². The molecule has 1 heterocycles. The molecule has 0 aromatic heterocycles. The van der Waals surface area contributed by atoms with Crippen LogP contribution in [0.15, 0.2) is 0 Å². The fraction of sp³-hybridized carbons (Fsp3) is 0.909. The molecule has 0 aliphatic carbocycles. The number of nitrogens with one attached hydrogen (secondary N) is 1. The Morgan fingerprint density at radius 1 is 1.40 bits per heavy atom. The second kappa shape index (κ2) is 6.80. The van der Waals surface area contributed by atoms with Gasteiger partial charge in [-0.15, -0.1) is 0 Å². The number of nitrogens with zero attached hydrogens (tertiary/aromatic N) is 2. The molecule has 0 bridgehead atoms. The molecule has 1 aliphatic rings. The maximum Gasteiger partial charge on any atom is 0.236 e. The maximum absolute atomic E-state index is 11.6. The van der Waals surface area contributed by atoms with Crippen molar-refractivity contribution in [2.75, 3.05) is 45.8 Å². The zero-order valence-electron chi connectivity index (χ0n) is 9.96. The van der Waals surface area contributed by atoms with Gasteiger partial charge < -0.3 is 15.1 Å². The van der Waals surface area contributed by atoms with Gasteiger partial charge in [0.25, 0.3) is 0 Å². The third-order valence-corrected chi connectivity index (χ3v) is 2.99. The lowest BCUT2D eigenvalue weighted by Crippen LogP contribution is -2.40. The van der Waals surface area contributed by atoms with E-state index in [9.17, 15) is 4.79 Å². The van der Waals surface area contributed by atoms with Crippen LogP contribution in [0.25, 0.3) is 0 Å². The van der Waals surface area contributed by atoms with Crippen LogP contribution in [-0.2, 0) is 4.79 Å². The Morgan fingerprint density at radius 3 is 2.80 bits per heavy atom. The lowest BCUT2D eigenvalue weighted by molar-refractivity contribution is -0.129. The van der Waals surface area contributed by atoms with E-state index in [1.807, 2.05) is 4.90 Å². The van der Waals surface area contributed by atoms with Crippen molar-refractivity contribution in [3.05, 3.63) is 0 Å². The van der Waals surface area contributed by atoms with Crippen molar-refractivity contribution in [3.8, 4) is 0 Å². The van der Waals surface area contributed by atoms with Gasteiger partial charge in [-0.2, -0.15) is 0 Å². The van der Waals surface area contributed by atoms with Gasteiger partial charge in [0, 0.05) is 19.6 Å². The number of rotatable bonds is 5. The highest BCUT2D eigenvalue weighted by Gasteiger charge is 2.16. The minimum absolute atomic E-state index is 0.250. The fourth-order valence-corrected chi connectivity index (χ4v) is 1.87. The Labute approximate surface area is 92.6 Å². The SMILES string of the molecule is CCN(CC)CCN1CCCNCC1=O. The van der Waals surface area contributed by atoms with E-state index < -0.39 is 0 Å². The standard InChI is InChI=1S/C11H23N3O/c1-3-13(4-2)8-9-14-7-5-6-12-10-11(14)15/h12H,3-10H2,1-2H3. The van der Waals surface area contributed by atoms with Crippen LogP contribution in [0.3, 0.4) is 0 Å². The molecule has 0 aromatic carbocycles. The summed E-state index contributed by atoms with van der Waals surface area (Å²) in [5.41, 5.74) is 0. The molecule has 15 heavy (non-hydrogen) atoms. The second-order valence-electron chi connectivity index (χ2n) is 3.94. The summed E-state index contributed by atoms with van der Waals surface area (Å²) >= 11 is 0. The molecular formula is C11H23N3O. The van der Waals surface area contributed by atoms with Crippen LogP contribution in [0.2, 0.25) is 0 Å². The van der Waals surface area contributed by atoms with Gasteiger partial charge >= 0.3 is 0 Å². The smallest absolute Gasteiger partial charge is 0.236 e. The zero-order chi connectivity index (χ0) is 11.1. The van der Waals surface area contributed by atoms with Crippen molar-refractivity contribution < 1.29 is 4.79 Å². The topological polar surface area (TPSA) is 35.6 Å². The van der Waals surface area contributed by atoms with Crippen molar-refractivity contribution in [1.82, 2.24) is 15.1 Å². The summed E-state index contributed by atoms with van der Waals surface area (Å²) in [5.74, 6) is 0.250. The first-order valence-corrected chi connectivity index (χ1v) is 5.98. The van der Waals surface area contributed by atoms with E-state index in [0.29, 0.717) is 6.54 Å². The van der Waals surface area contributed by atoms with E-state index in [1.54, 1.807) is 0 Å². The monoisotopic (exact) mass is 213 g/mol. The number of carbonyl (C=O) groups is 1. The van der Waals surface area contributed by atoms with Crippen LogP contribution in [0.4, 0.5) is 0 Å². The summed E-state index contributed by atoms with van der Waals surface area (Å²) in [6, 6.07) is 0. The molecule has 1 amide bonds. The first kappa shape index (κ1) is 12.5. The largest absolute Gasteiger partial charge is 0.340 e. The molecule has 0 aromatic rings. The normalized spacial score (nSPS) is 18.3. The van der Waals surface area contributed by atoms with E-state index in [2.05, 4.69) is 24.1 Å². The summed E-state index contributed by atoms with van der Waals surface area (Å²) in [7, 11) is 0. The van der Waals surface area contributed by atoms with Crippen LogP contribution < -0.4 is 5.32 Å². The van der Waals surface area contributed by atoms with Crippen molar-refractivity contribution in [2.45, 2.75) is 20.3 Å². The van der Waals surface area contributed by atoms with Gasteiger partial charge in [-0.25, -0.2) is 0 Å². The highest BCUT2D eigenvalue weighted by Crippen LogP contribution is 1.98. The number of amides is 1. The molecule has 1 aliphatic heterocycles. The Hall–Kier alpha value is -0.610. The van der Waals surface area contributed by atoms with E-state index in [1.165, 1.54) is 0 Å². The summed E-state index contributed by atoms with van der Waals surface area (Å²) in [4.78, 5) is 16.0.